The van der Waals surface area contributed by atoms with Crippen molar-refractivity contribution in [3.8, 4) is 0 Å². The molecule has 0 aromatic heterocycles. The Bertz CT molecular complexity index is 228. The molecular formula is C18H34. The summed E-state index contributed by atoms with van der Waals surface area (Å²) in [7, 11) is 0. The molecule has 0 heterocycles. The van der Waals surface area contributed by atoms with E-state index in [-0.39, 0.29) is 0 Å². The number of rotatable bonds is 7. The molecule has 0 N–H and O–H groups in total. The van der Waals surface area contributed by atoms with Crippen molar-refractivity contribution in [1.82, 2.24) is 0 Å². The summed E-state index contributed by atoms with van der Waals surface area (Å²) in [5, 5.41) is 0. The average Bonchev–Trinajstić information content (AvgIpc) is 2.37. The standard InChI is InChI=1S/C18H34/c1-5-8-11-16-14-17(10-7-3)18(12-9-6-2)13-15(16)4/h7,10,15-18H,5-6,8-9,11-14H2,1-4H3/b10-7+. The number of allylic oxidation sites excluding steroid dienone is 2. The van der Waals surface area contributed by atoms with Crippen molar-refractivity contribution in [3.05, 3.63) is 12.2 Å². The van der Waals surface area contributed by atoms with Crippen LogP contribution in [0.15, 0.2) is 12.2 Å². The molecule has 0 aliphatic heterocycles. The minimum Gasteiger partial charge on any atom is -0.0914 e. The SMILES string of the molecule is C/C=C/C1CC(CCCC)C(C)CC1CCCC. The quantitative estimate of drug-likeness (QED) is 0.470. The Morgan fingerprint density at radius 2 is 1.56 bits per heavy atom. The first-order valence-electron chi connectivity index (χ1n) is 8.35. The topological polar surface area (TPSA) is 0 Å². The lowest BCUT2D eigenvalue weighted by atomic mass is 9.66. The molecule has 0 aromatic carbocycles. The van der Waals surface area contributed by atoms with E-state index in [1.165, 1.54) is 51.4 Å². The second-order valence-electron chi connectivity index (χ2n) is 6.44. The summed E-state index contributed by atoms with van der Waals surface area (Å²) >= 11 is 0. The van der Waals surface area contributed by atoms with Crippen LogP contribution in [0.25, 0.3) is 0 Å². The van der Waals surface area contributed by atoms with Crippen LogP contribution in [0.1, 0.15) is 79.1 Å². The maximum Gasteiger partial charge on any atom is -0.0202 e. The van der Waals surface area contributed by atoms with E-state index in [2.05, 4.69) is 39.8 Å². The van der Waals surface area contributed by atoms with Crippen molar-refractivity contribution < 1.29 is 0 Å². The maximum absolute atomic E-state index is 2.51. The smallest absolute Gasteiger partial charge is 0.0202 e. The van der Waals surface area contributed by atoms with Gasteiger partial charge in [-0.15, -0.1) is 0 Å². The molecule has 0 nitrogen and oxygen atoms in total. The minimum absolute atomic E-state index is 0.875. The van der Waals surface area contributed by atoms with Gasteiger partial charge in [0, 0.05) is 0 Å². The third-order valence-electron chi connectivity index (χ3n) is 4.96. The van der Waals surface area contributed by atoms with Gasteiger partial charge in [0.15, 0.2) is 0 Å². The fourth-order valence-electron chi connectivity index (χ4n) is 3.77. The Kier molecular flexibility index (Phi) is 7.70. The highest BCUT2D eigenvalue weighted by Crippen LogP contribution is 2.42. The Labute approximate surface area is 115 Å². The van der Waals surface area contributed by atoms with Gasteiger partial charge < -0.3 is 0 Å². The molecular weight excluding hydrogens is 216 g/mol. The Balaban J connectivity index is 2.56. The van der Waals surface area contributed by atoms with Gasteiger partial charge in [0.1, 0.15) is 0 Å². The van der Waals surface area contributed by atoms with E-state index < -0.39 is 0 Å². The largest absolute Gasteiger partial charge is 0.0914 e. The summed E-state index contributed by atoms with van der Waals surface area (Å²) in [6, 6.07) is 0. The first-order chi connectivity index (χ1) is 8.72. The first kappa shape index (κ1) is 15.8. The van der Waals surface area contributed by atoms with Crippen LogP contribution in [0.4, 0.5) is 0 Å². The maximum atomic E-state index is 2.51. The van der Waals surface area contributed by atoms with Gasteiger partial charge in [0.2, 0.25) is 0 Å². The molecule has 4 unspecified atom stereocenters. The van der Waals surface area contributed by atoms with Gasteiger partial charge in [-0.25, -0.2) is 0 Å². The van der Waals surface area contributed by atoms with E-state index in [9.17, 15) is 0 Å². The van der Waals surface area contributed by atoms with Crippen molar-refractivity contribution in [2.75, 3.05) is 0 Å². The van der Waals surface area contributed by atoms with E-state index in [1.54, 1.807) is 0 Å². The van der Waals surface area contributed by atoms with Crippen molar-refractivity contribution in [2.45, 2.75) is 79.1 Å². The molecule has 1 aliphatic rings. The number of hydrogen-bond donors (Lipinski definition) is 0. The fourth-order valence-corrected chi connectivity index (χ4v) is 3.77. The predicted molar refractivity (Wildman–Crippen MR) is 82.7 cm³/mol. The third-order valence-corrected chi connectivity index (χ3v) is 4.96. The summed E-state index contributed by atoms with van der Waals surface area (Å²) in [4.78, 5) is 0. The van der Waals surface area contributed by atoms with Gasteiger partial charge in [-0.05, 0) is 49.9 Å². The van der Waals surface area contributed by atoms with E-state index in [1.807, 2.05) is 0 Å². The summed E-state index contributed by atoms with van der Waals surface area (Å²) in [6.45, 7) is 9.34. The molecule has 1 saturated carbocycles. The average molecular weight is 250 g/mol. The second kappa shape index (κ2) is 8.77. The van der Waals surface area contributed by atoms with Gasteiger partial charge in [0.05, 0.1) is 0 Å². The molecule has 4 atom stereocenters. The van der Waals surface area contributed by atoms with Crippen LogP contribution in [0.3, 0.4) is 0 Å². The monoisotopic (exact) mass is 250 g/mol. The number of unbranched alkanes of at least 4 members (excludes halogenated alkanes) is 2. The van der Waals surface area contributed by atoms with Crippen LogP contribution in [0.2, 0.25) is 0 Å². The van der Waals surface area contributed by atoms with E-state index in [0.717, 1.165) is 23.7 Å². The third kappa shape index (κ3) is 4.78. The van der Waals surface area contributed by atoms with E-state index >= 15 is 0 Å². The zero-order valence-electron chi connectivity index (χ0n) is 13.1. The van der Waals surface area contributed by atoms with Crippen LogP contribution in [0.5, 0.6) is 0 Å². The van der Waals surface area contributed by atoms with Crippen molar-refractivity contribution >= 4 is 0 Å². The molecule has 1 aliphatic carbocycles. The van der Waals surface area contributed by atoms with Gasteiger partial charge in [0.25, 0.3) is 0 Å². The zero-order valence-corrected chi connectivity index (χ0v) is 13.1. The molecule has 0 aromatic rings. The molecule has 0 radical (unpaired) electrons. The van der Waals surface area contributed by atoms with E-state index in [4.69, 9.17) is 0 Å². The van der Waals surface area contributed by atoms with Crippen molar-refractivity contribution in [3.63, 3.8) is 0 Å². The zero-order chi connectivity index (χ0) is 13.4. The summed E-state index contributed by atoms with van der Waals surface area (Å²) in [5.74, 6) is 3.79. The highest BCUT2D eigenvalue weighted by Gasteiger charge is 2.32. The van der Waals surface area contributed by atoms with E-state index in [0.29, 0.717) is 0 Å². The van der Waals surface area contributed by atoms with Crippen LogP contribution in [0, 0.1) is 23.7 Å². The predicted octanol–water partition coefficient (Wildman–Crippen LogP) is 6.22. The van der Waals surface area contributed by atoms with Gasteiger partial charge in [-0.1, -0.05) is 65.0 Å². The summed E-state index contributed by atoms with van der Waals surface area (Å²) in [6.07, 6.45) is 16.2. The fraction of sp³-hybridized carbons (Fsp3) is 0.889. The summed E-state index contributed by atoms with van der Waals surface area (Å²) in [5.41, 5.74) is 0. The minimum atomic E-state index is 0.875. The lowest BCUT2D eigenvalue weighted by Crippen LogP contribution is -2.29. The van der Waals surface area contributed by atoms with Gasteiger partial charge in [-0.3, -0.25) is 0 Å². The Hall–Kier alpha value is -0.260. The lowest BCUT2D eigenvalue weighted by molar-refractivity contribution is 0.132. The highest BCUT2D eigenvalue weighted by atomic mass is 14.4. The molecule has 0 amide bonds. The molecule has 0 spiro atoms. The van der Waals surface area contributed by atoms with Crippen molar-refractivity contribution in [1.29, 1.82) is 0 Å². The molecule has 1 fully saturated rings. The summed E-state index contributed by atoms with van der Waals surface area (Å²) < 4.78 is 0. The normalized spacial score (nSPS) is 33.1. The molecule has 106 valence electrons. The van der Waals surface area contributed by atoms with Crippen molar-refractivity contribution in [2.24, 2.45) is 23.7 Å². The van der Waals surface area contributed by atoms with Crippen LogP contribution in [-0.4, -0.2) is 0 Å². The molecule has 1 rings (SSSR count). The Morgan fingerprint density at radius 3 is 2.11 bits per heavy atom. The Morgan fingerprint density at radius 1 is 0.944 bits per heavy atom. The van der Waals surface area contributed by atoms with Crippen LogP contribution >= 0.6 is 0 Å². The lowest BCUT2D eigenvalue weighted by Gasteiger charge is -2.39. The van der Waals surface area contributed by atoms with Crippen LogP contribution in [-0.2, 0) is 0 Å². The molecule has 0 heteroatoms. The second-order valence-corrected chi connectivity index (χ2v) is 6.44. The van der Waals surface area contributed by atoms with Crippen LogP contribution < -0.4 is 0 Å². The molecule has 0 saturated heterocycles. The van der Waals surface area contributed by atoms with Gasteiger partial charge in [-0.2, -0.15) is 0 Å². The number of hydrogen-bond acceptors (Lipinski definition) is 0. The van der Waals surface area contributed by atoms with Gasteiger partial charge >= 0.3 is 0 Å². The first-order valence-corrected chi connectivity index (χ1v) is 8.35. The molecule has 18 heavy (non-hydrogen) atoms. The highest BCUT2D eigenvalue weighted by molar-refractivity contribution is 4.95. The molecule has 0 bridgehead atoms.